The first kappa shape index (κ1) is 30.0. The molecule has 0 aromatic heterocycles. The second-order valence-electron chi connectivity index (χ2n) is 16.5. The molecular weight excluding hydrogens is 649 g/mol. The fraction of sp³-hybridized carbons (Fsp3) is 0.0741. The fourth-order valence-electron chi connectivity index (χ4n) is 9.64. The van der Waals surface area contributed by atoms with E-state index in [-0.39, 0.29) is 5.41 Å². The van der Waals surface area contributed by atoms with Crippen LogP contribution in [0.3, 0.4) is 0 Å². The van der Waals surface area contributed by atoms with Gasteiger partial charge in [0.25, 0.3) is 0 Å². The van der Waals surface area contributed by atoms with Crippen molar-refractivity contribution in [1.82, 2.24) is 0 Å². The maximum atomic E-state index is 2.52. The van der Waals surface area contributed by atoms with E-state index < -0.39 is 0 Å². The van der Waals surface area contributed by atoms with Gasteiger partial charge in [-0.3, -0.25) is 0 Å². The Morgan fingerprint density at radius 1 is 0.259 bits per heavy atom. The Morgan fingerprint density at radius 2 is 0.648 bits per heavy atom. The molecule has 0 heterocycles. The van der Waals surface area contributed by atoms with Gasteiger partial charge in [0.15, 0.2) is 0 Å². The normalized spacial score (nSPS) is 12.7. The van der Waals surface area contributed by atoms with E-state index in [1.165, 1.54) is 125 Å². The van der Waals surface area contributed by atoms with Crippen molar-refractivity contribution < 1.29 is 0 Å². The highest BCUT2D eigenvalue weighted by Gasteiger charge is 2.23. The first-order chi connectivity index (χ1) is 26.4. The van der Waals surface area contributed by atoms with Crippen LogP contribution < -0.4 is 0 Å². The molecule has 0 radical (unpaired) electrons. The summed E-state index contributed by atoms with van der Waals surface area (Å²) in [5.74, 6) is 0. The van der Waals surface area contributed by atoms with Gasteiger partial charge in [-0.25, -0.2) is 0 Å². The Balaban J connectivity index is 1.17. The van der Waals surface area contributed by atoms with Crippen LogP contribution in [0.4, 0.5) is 0 Å². The second kappa shape index (κ2) is 10.6. The minimum Gasteiger partial charge on any atom is -0.0616 e. The molecule has 12 aromatic carbocycles. The van der Waals surface area contributed by atoms with Crippen LogP contribution >= 0.6 is 0 Å². The summed E-state index contributed by atoms with van der Waals surface area (Å²) in [5, 5.41) is 23.9. The highest BCUT2D eigenvalue weighted by molar-refractivity contribution is 6.41. The van der Waals surface area contributed by atoms with Gasteiger partial charge in [0, 0.05) is 0 Å². The lowest BCUT2D eigenvalue weighted by molar-refractivity contribution is 0.592. The van der Waals surface area contributed by atoms with Crippen molar-refractivity contribution in [1.29, 1.82) is 0 Å². The number of rotatable bonds is 2. The average Bonchev–Trinajstić information content (AvgIpc) is 3.70. The summed E-state index contributed by atoms with van der Waals surface area (Å²) in [6.45, 7) is 7.03. The van der Waals surface area contributed by atoms with Crippen LogP contribution in [0.25, 0.3) is 119 Å². The van der Waals surface area contributed by atoms with Crippen molar-refractivity contribution in [2.75, 3.05) is 0 Å². The molecule has 0 unspecified atom stereocenters. The molecule has 0 spiro atoms. The lowest BCUT2D eigenvalue weighted by Crippen LogP contribution is -2.10. The Morgan fingerprint density at radius 3 is 1.20 bits per heavy atom. The van der Waals surface area contributed by atoms with Gasteiger partial charge in [0.2, 0.25) is 0 Å². The first-order valence-electron chi connectivity index (χ1n) is 19.2. The zero-order valence-electron chi connectivity index (χ0n) is 30.6. The molecule has 0 N–H and O–H groups in total. The molecule has 0 fully saturated rings. The van der Waals surface area contributed by atoms with E-state index in [9.17, 15) is 0 Å². The molecule has 0 saturated carbocycles. The molecule has 54 heavy (non-hydrogen) atoms. The van der Waals surface area contributed by atoms with Gasteiger partial charge in [0.1, 0.15) is 0 Å². The van der Waals surface area contributed by atoms with Crippen LogP contribution in [0, 0.1) is 0 Å². The van der Waals surface area contributed by atoms with Crippen LogP contribution in [0.15, 0.2) is 164 Å². The van der Waals surface area contributed by atoms with Gasteiger partial charge < -0.3 is 0 Å². The third kappa shape index (κ3) is 4.14. The molecule has 0 saturated heterocycles. The first-order valence-corrected chi connectivity index (χ1v) is 19.2. The summed E-state index contributed by atoms with van der Waals surface area (Å²) in [5.41, 5.74) is 6.41. The fourth-order valence-corrected chi connectivity index (χ4v) is 9.64. The molecule has 0 heteroatoms. The van der Waals surface area contributed by atoms with Gasteiger partial charge in [-0.2, -0.15) is 0 Å². The molecule has 12 rings (SSSR count). The Labute approximate surface area is 313 Å². The molecule has 252 valence electrons. The highest BCUT2D eigenvalue weighted by Crippen LogP contribution is 2.49. The van der Waals surface area contributed by atoms with Crippen molar-refractivity contribution in [2.45, 2.75) is 26.2 Å². The number of hydrogen-bond donors (Lipinski definition) is 0. The molecule has 0 atom stereocenters. The van der Waals surface area contributed by atoms with Crippen LogP contribution in [0.1, 0.15) is 26.3 Å². The van der Waals surface area contributed by atoms with E-state index in [0.717, 1.165) is 0 Å². The molecule has 12 aromatic rings. The molecule has 0 aliphatic heterocycles. The zero-order valence-corrected chi connectivity index (χ0v) is 30.6. The van der Waals surface area contributed by atoms with E-state index >= 15 is 0 Å². The summed E-state index contributed by atoms with van der Waals surface area (Å²) in [7, 11) is 0. The summed E-state index contributed by atoms with van der Waals surface area (Å²) in [6, 6.07) is 62.2. The Hall–Kier alpha value is -6.50. The van der Waals surface area contributed by atoms with Crippen LogP contribution in [0.5, 0.6) is 0 Å². The largest absolute Gasteiger partial charge is 0.0616 e. The van der Waals surface area contributed by atoms with Crippen molar-refractivity contribution in [3.8, 4) is 22.3 Å². The van der Waals surface area contributed by atoms with Crippen molar-refractivity contribution in [2.24, 2.45) is 0 Å². The third-order valence-electron chi connectivity index (χ3n) is 12.4. The number of benzene rings is 10. The predicted octanol–water partition coefficient (Wildman–Crippen LogP) is 15.6. The van der Waals surface area contributed by atoms with Gasteiger partial charge in [-0.1, -0.05) is 136 Å². The second-order valence-corrected chi connectivity index (χ2v) is 16.5. The maximum absolute atomic E-state index is 2.52. The predicted molar refractivity (Wildman–Crippen MR) is 236 cm³/mol. The summed E-state index contributed by atoms with van der Waals surface area (Å²) < 4.78 is 0. The van der Waals surface area contributed by atoms with Gasteiger partial charge >= 0.3 is 0 Å². The van der Waals surface area contributed by atoms with Crippen LogP contribution in [-0.4, -0.2) is 0 Å². The zero-order chi connectivity index (χ0) is 35.9. The molecule has 0 aliphatic carbocycles. The van der Waals surface area contributed by atoms with Gasteiger partial charge in [-0.15, -0.1) is 0 Å². The topological polar surface area (TPSA) is 0 Å². The quantitative estimate of drug-likeness (QED) is 0.159. The average molecular weight is 685 g/mol. The smallest absolute Gasteiger partial charge is 0.00197 e. The minimum atomic E-state index is 0.00295. The number of hydrogen-bond acceptors (Lipinski definition) is 0. The van der Waals surface area contributed by atoms with Crippen molar-refractivity contribution in [3.05, 3.63) is 169 Å². The molecule has 0 amide bonds. The molecule has 0 bridgehead atoms. The van der Waals surface area contributed by atoms with Crippen molar-refractivity contribution in [3.63, 3.8) is 0 Å². The Kier molecular flexibility index (Phi) is 5.87. The van der Waals surface area contributed by atoms with Crippen molar-refractivity contribution >= 4 is 97.0 Å². The van der Waals surface area contributed by atoms with Gasteiger partial charge in [-0.05, 0) is 179 Å². The van der Waals surface area contributed by atoms with E-state index in [4.69, 9.17) is 0 Å². The minimum absolute atomic E-state index is 0.00295. The van der Waals surface area contributed by atoms with E-state index in [2.05, 4.69) is 185 Å². The summed E-state index contributed by atoms with van der Waals surface area (Å²) in [6.07, 6.45) is 0. The molecular formula is C54H36. The van der Waals surface area contributed by atoms with Crippen LogP contribution in [0.2, 0.25) is 0 Å². The SMILES string of the molecule is CC(C)(C)c1cc2c3ccc(-c4ccc5ccccc5c4)cc3c3cc4c(cc5c6cc(-c7ccc8ccccc8c7)ccc6c6cccc4c65)c(c1)c23. The van der Waals surface area contributed by atoms with Gasteiger partial charge in [0.05, 0.1) is 0 Å². The maximum Gasteiger partial charge on any atom is -0.00197 e. The lowest BCUT2D eigenvalue weighted by atomic mass is 9.83. The molecule has 0 nitrogen and oxygen atoms in total. The molecule has 0 aliphatic rings. The number of fused-ring (bicyclic) bond motifs is 11. The van der Waals surface area contributed by atoms with Crippen LogP contribution in [-0.2, 0) is 5.41 Å². The lowest BCUT2D eigenvalue weighted by Gasteiger charge is -2.21. The third-order valence-corrected chi connectivity index (χ3v) is 12.4. The van der Waals surface area contributed by atoms with E-state index in [0.29, 0.717) is 0 Å². The van der Waals surface area contributed by atoms with E-state index in [1.54, 1.807) is 0 Å². The standard InChI is InChI=1S/C54H36/c1-54(2,3)39-27-48-41-22-20-38(36-18-16-32-10-5-7-12-34(32)24-36)26-45(41)51-29-46-43-14-8-13-42-40-21-19-37(35-17-15-31-9-4-6-11-33(31)23-35)25-44(40)50(52(42)43)30-47(46)49(28-39)53(48)51/h4-30H,1-3H3. The summed E-state index contributed by atoms with van der Waals surface area (Å²) in [4.78, 5) is 0. The monoisotopic (exact) mass is 684 g/mol. The highest BCUT2D eigenvalue weighted by atomic mass is 14.3. The Bertz CT molecular complexity index is 3520. The van der Waals surface area contributed by atoms with E-state index in [1.807, 2.05) is 0 Å². The summed E-state index contributed by atoms with van der Waals surface area (Å²) >= 11 is 0.